The molecule has 0 aliphatic heterocycles. The summed E-state index contributed by atoms with van der Waals surface area (Å²) in [5.74, 6) is -12.2. The van der Waals surface area contributed by atoms with Crippen LogP contribution in [0.4, 0.5) is 35.1 Å². The highest BCUT2D eigenvalue weighted by Gasteiger charge is 2.62. The molecule has 0 heterocycles. The van der Waals surface area contributed by atoms with Crippen molar-refractivity contribution in [1.82, 2.24) is 0 Å². The number of benzene rings is 1. The van der Waals surface area contributed by atoms with Gasteiger partial charge in [0.05, 0.1) is 0 Å². The Morgan fingerprint density at radius 1 is 0.880 bits per heavy atom. The van der Waals surface area contributed by atoms with Gasteiger partial charge in [-0.3, -0.25) is 0 Å². The number of hydrogen-bond acceptors (Lipinski definition) is 0. The van der Waals surface area contributed by atoms with Crippen LogP contribution in [-0.4, -0.2) is 18.5 Å². The van der Waals surface area contributed by atoms with Crippen LogP contribution in [0.15, 0.2) is 6.07 Å². The van der Waals surface area contributed by atoms with Crippen molar-refractivity contribution in [2.75, 3.05) is 12.3 Å². The van der Waals surface area contributed by atoms with E-state index in [1.54, 1.807) is 6.92 Å². The molecule has 0 bridgehead atoms. The molecule has 0 aromatic heterocycles. The molecule has 1 atom stereocenters. The van der Waals surface area contributed by atoms with Gasteiger partial charge < -0.3 is 0 Å². The van der Waals surface area contributed by atoms with Crippen LogP contribution in [0.5, 0.6) is 0 Å². The van der Waals surface area contributed by atoms with Crippen molar-refractivity contribution in [1.29, 1.82) is 0 Å². The Hall–Kier alpha value is -0.910. The van der Waals surface area contributed by atoms with Crippen LogP contribution in [0.2, 0.25) is 0 Å². The van der Waals surface area contributed by atoms with E-state index in [1.165, 1.54) is 0 Å². The number of rotatable bonds is 8. The second-order valence-corrected chi connectivity index (χ2v) is 8.23. The molecule has 0 N–H and O–H groups in total. The molecule has 144 valence electrons. The van der Waals surface area contributed by atoms with Gasteiger partial charge in [-0.05, 0) is 24.8 Å². The van der Waals surface area contributed by atoms with Crippen molar-refractivity contribution >= 4 is 13.2 Å². The van der Waals surface area contributed by atoms with Crippen molar-refractivity contribution in [3.8, 4) is 0 Å². The zero-order valence-corrected chi connectivity index (χ0v) is 14.7. The minimum Gasteiger partial charge on any atom is -0.206 e. The molecular weight excluding hydrogens is 375 g/mol. The Balaban J connectivity index is 3.35. The number of hydrogen-bond donors (Lipinski definition) is 0. The second-order valence-electron chi connectivity index (χ2n) is 5.59. The largest absolute Gasteiger partial charge is 0.458 e. The van der Waals surface area contributed by atoms with E-state index >= 15 is 0 Å². The first-order valence-electron chi connectivity index (χ1n) is 7.86. The summed E-state index contributed by atoms with van der Waals surface area (Å²) in [6, 6.07) is 0.412. The molecule has 0 saturated heterocycles. The van der Waals surface area contributed by atoms with Crippen molar-refractivity contribution in [3.63, 3.8) is 0 Å². The molecule has 1 aromatic carbocycles. The number of unbranched alkanes of at least 4 members (excludes halogenated alkanes) is 3. The smallest absolute Gasteiger partial charge is 0.206 e. The van der Waals surface area contributed by atoms with E-state index < -0.39 is 48.3 Å². The lowest BCUT2D eigenvalue weighted by atomic mass is 10.1. The molecular formula is C16H19F8P. The highest BCUT2D eigenvalue weighted by atomic mass is 31.1. The summed E-state index contributed by atoms with van der Waals surface area (Å²) in [6.45, 7) is 3.57. The maximum atomic E-state index is 14.4. The van der Waals surface area contributed by atoms with E-state index in [2.05, 4.69) is 0 Å². The molecule has 1 rings (SSSR count). The van der Waals surface area contributed by atoms with Gasteiger partial charge in [-0.1, -0.05) is 41.0 Å². The third-order valence-electron chi connectivity index (χ3n) is 3.81. The number of halogens is 8. The van der Waals surface area contributed by atoms with Crippen LogP contribution in [-0.2, 0) is 5.92 Å². The Morgan fingerprint density at radius 3 is 1.96 bits per heavy atom. The van der Waals surface area contributed by atoms with Crippen molar-refractivity contribution in [2.45, 2.75) is 51.6 Å². The lowest BCUT2D eigenvalue weighted by Crippen LogP contribution is -2.37. The van der Waals surface area contributed by atoms with Gasteiger partial charge in [-0.25, -0.2) is 13.2 Å². The average Bonchev–Trinajstić information content (AvgIpc) is 2.50. The monoisotopic (exact) mass is 394 g/mol. The first kappa shape index (κ1) is 22.1. The van der Waals surface area contributed by atoms with Gasteiger partial charge >= 0.3 is 12.1 Å². The third-order valence-corrected chi connectivity index (χ3v) is 6.44. The summed E-state index contributed by atoms with van der Waals surface area (Å²) in [6.07, 6.45) is -2.40. The topological polar surface area (TPSA) is 0 Å². The molecule has 0 aliphatic rings. The summed E-state index contributed by atoms with van der Waals surface area (Å²) < 4.78 is 106. The summed E-state index contributed by atoms with van der Waals surface area (Å²) in [5, 5.41) is -0.577. The lowest BCUT2D eigenvalue weighted by Gasteiger charge is -2.24. The van der Waals surface area contributed by atoms with Gasteiger partial charge in [-0.15, -0.1) is 0 Å². The zero-order valence-electron chi connectivity index (χ0n) is 13.8. The molecule has 0 saturated carbocycles. The fourth-order valence-electron chi connectivity index (χ4n) is 2.42. The third kappa shape index (κ3) is 4.83. The maximum Gasteiger partial charge on any atom is 0.458 e. The molecule has 0 nitrogen and oxygen atoms in total. The summed E-state index contributed by atoms with van der Waals surface area (Å²) in [7, 11) is -1.50. The van der Waals surface area contributed by atoms with Gasteiger partial charge in [0.2, 0.25) is 0 Å². The molecule has 25 heavy (non-hydrogen) atoms. The number of alkyl halides is 5. The van der Waals surface area contributed by atoms with Crippen molar-refractivity contribution < 1.29 is 35.1 Å². The van der Waals surface area contributed by atoms with Gasteiger partial charge in [0, 0.05) is 5.30 Å². The lowest BCUT2D eigenvalue weighted by molar-refractivity contribution is -0.291. The highest BCUT2D eigenvalue weighted by Crippen LogP contribution is 2.47. The standard InChI is InChI=1S/C16H19F8P/c1-3-5-6-7-8-25(4-2)11-9-10(17)13(18)12(14(11)19)15(20,21)16(22,23)24/h9H,3-8H2,1-2H3. The Morgan fingerprint density at radius 2 is 1.48 bits per heavy atom. The van der Waals surface area contributed by atoms with E-state index in [9.17, 15) is 35.1 Å². The molecule has 1 aromatic rings. The van der Waals surface area contributed by atoms with Crippen LogP contribution in [0, 0.1) is 17.5 Å². The average molecular weight is 394 g/mol. The first-order valence-corrected chi connectivity index (χ1v) is 9.57. The van der Waals surface area contributed by atoms with Crippen LogP contribution in [0.3, 0.4) is 0 Å². The fraction of sp³-hybridized carbons (Fsp3) is 0.625. The summed E-state index contributed by atoms with van der Waals surface area (Å²) in [5.41, 5.74) is -2.55. The van der Waals surface area contributed by atoms with E-state index in [1.807, 2.05) is 6.92 Å². The van der Waals surface area contributed by atoms with Gasteiger partial charge in [-0.2, -0.15) is 22.0 Å². The maximum absolute atomic E-state index is 14.4. The van der Waals surface area contributed by atoms with Gasteiger partial charge in [0.25, 0.3) is 0 Å². The Kier molecular flexibility index (Phi) is 7.66. The minimum atomic E-state index is -6.23. The van der Waals surface area contributed by atoms with Gasteiger partial charge in [0.15, 0.2) is 11.6 Å². The predicted octanol–water partition coefficient (Wildman–Crippen LogP) is 6.47. The van der Waals surface area contributed by atoms with Gasteiger partial charge in [0.1, 0.15) is 11.4 Å². The van der Waals surface area contributed by atoms with Crippen LogP contribution < -0.4 is 5.30 Å². The first-order chi connectivity index (χ1) is 11.5. The van der Waals surface area contributed by atoms with E-state index in [0.29, 0.717) is 18.6 Å². The van der Waals surface area contributed by atoms with E-state index in [4.69, 9.17) is 0 Å². The SMILES string of the molecule is CCCCCCP(CC)c1cc(F)c(F)c(C(F)(F)C(F)(F)F)c1F. The summed E-state index contributed by atoms with van der Waals surface area (Å²) in [4.78, 5) is 0. The summed E-state index contributed by atoms with van der Waals surface area (Å²) >= 11 is 0. The van der Waals surface area contributed by atoms with Crippen molar-refractivity contribution in [2.24, 2.45) is 0 Å². The second kappa shape index (κ2) is 8.65. The normalized spacial score (nSPS) is 14.0. The Bertz CT molecular complexity index is 582. The van der Waals surface area contributed by atoms with Crippen LogP contribution >= 0.6 is 7.92 Å². The van der Waals surface area contributed by atoms with Crippen LogP contribution in [0.1, 0.15) is 45.1 Å². The molecule has 0 aliphatic carbocycles. The predicted molar refractivity (Wildman–Crippen MR) is 82.4 cm³/mol. The molecule has 0 amide bonds. The highest BCUT2D eigenvalue weighted by molar-refractivity contribution is 7.65. The molecule has 9 heteroatoms. The fourth-order valence-corrected chi connectivity index (χ4v) is 4.60. The molecule has 0 radical (unpaired) electrons. The zero-order chi connectivity index (χ0) is 19.4. The molecule has 0 fully saturated rings. The van der Waals surface area contributed by atoms with Crippen molar-refractivity contribution in [3.05, 3.63) is 29.1 Å². The molecule has 0 spiro atoms. The minimum absolute atomic E-state index is 0.264. The van der Waals surface area contributed by atoms with E-state index in [-0.39, 0.29) is 6.16 Å². The van der Waals surface area contributed by atoms with E-state index in [0.717, 1.165) is 19.3 Å². The van der Waals surface area contributed by atoms with Crippen LogP contribution in [0.25, 0.3) is 0 Å². The Labute approximate surface area is 142 Å². The quantitative estimate of drug-likeness (QED) is 0.205. The molecule has 1 unspecified atom stereocenters.